The lowest BCUT2D eigenvalue weighted by Crippen LogP contribution is -1.71. The molecule has 0 nitrogen and oxygen atoms in total. The van der Waals surface area contributed by atoms with E-state index in [0.29, 0.717) is 0 Å². The van der Waals surface area contributed by atoms with E-state index in [-0.39, 0.29) is 5.82 Å². The van der Waals surface area contributed by atoms with Crippen LogP contribution >= 0.6 is 22.6 Å². The largest absolute Gasteiger partial charge is 0.207 e. The van der Waals surface area contributed by atoms with E-state index in [2.05, 4.69) is 28.7 Å². The minimum absolute atomic E-state index is 0.231. The van der Waals surface area contributed by atoms with Gasteiger partial charge >= 0.3 is 0 Å². The highest BCUT2D eigenvalue weighted by Gasteiger charge is 1.85. The average Bonchev–Trinajstić information content (AvgIpc) is 1.77. The van der Waals surface area contributed by atoms with Crippen LogP contribution in [0.3, 0.4) is 0 Å². The number of benzene rings is 1. The van der Waals surface area contributed by atoms with Gasteiger partial charge in [-0.05, 0) is 46.9 Å². The standard InChI is InChI=1S/C6H3FI/c7-5-1-3-6(8)4-2-5/h1-3H. The molecule has 0 aromatic heterocycles. The summed E-state index contributed by atoms with van der Waals surface area (Å²) < 4.78 is 13.0. The normalized spacial score (nSPS) is 9.25. The molecule has 8 heavy (non-hydrogen) atoms. The van der Waals surface area contributed by atoms with E-state index >= 15 is 0 Å². The molecule has 0 saturated carbocycles. The third kappa shape index (κ3) is 1.43. The summed E-state index contributed by atoms with van der Waals surface area (Å²) in [6, 6.07) is 7.12. The molecule has 0 fully saturated rings. The van der Waals surface area contributed by atoms with Gasteiger partial charge in [-0.25, -0.2) is 4.39 Å². The van der Waals surface area contributed by atoms with Gasteiger partial charge in [-0.2, -0.15) is 0 Å². The molecule has 2 heteroatoms. The molecule has 41 valence electrons. The lowest BCUT2D eigenvalue weighted by molar-refractivity contribution is 0.627. The molecule has 0 heterocycles. The van der Waals surface area contributed by atoms with Gasteiger partial charge in [0.25, 0.3) is 0 Å². The summed E-state index contributed by atoms with van der Waals surface area (Å²) in [6.45, 7) is 0. The predicted octanol–water partition coefficient (Wildman–Crippen LogP) is 2.23. The molecule has 1 rings (SSSR count). The van der Waals surface area contributed by atoms with Gasteiger partial charge in [-0.15, -0.1) is 0 Å². The molecule has 0 amide bonds. The van der Waals surface area contributed by atoms with Crippen molar-refractivity contribution in [3.63, 3.8) is 0 Å². The Bertz CT molecular complexity index is 147. The second-order valence-corrected chi connectivity index (χ2v) is 2.52. The quantitative estimate of drug-likeness (QED) is 0.589. The molecule has 0 atom stereocenters. The van der Waals surface area contributed by atoms with Crippen LogP contribution in [0, 0.1) is 15.5 Å². The maximum atomic E-state index is 12.1. The van der Waals surface area contributed by atoms with Gasteiger partial charge < -0.3 is 0 Å². The van der Waals surface area contributed by atoms with E-state index in [4.69, 9.17) is 0 Å². The highest BCUT2D eigenvalue weighted by Crippen LogP contribution is 2.03. The molecule has 0 bridgehead atoms. The van der Waals surface area contributed by atoms with Crippen molar-refractivity contribution in [2.24, 2.45) is 0 Å². The van der Waals surface area contributed by atoms with Gasteiger partial charge in [0, 0.05) is 3.57 Å². The molecule has 0 aliphatic rings. The van der Waals surface area contributed by atoms with Crippen molar-refractivity contribution in [3.8, 4) is 0 Å². The fourth-order valence-electron chi connectivity index (χ4n) is 0.387. The van der Waals surface area contributed by atoms with Crippen molar-refractivity contribution in [3.05, 3.63) is 33.7 Å². The Morgan fingerprint density at radius 3 is 2.62 bits per heavy atom. The van der Waals surface area contributed by atoms with Gasteiger partial charge in [-0.1, -0.05) is 0 Å². The summed E-state index contributed by atoms with van der Waals surface area (Å²) >= 11 is 2.07. The first-order valence-electron chi connectivity index (χ1n) is 2.12. The van der Waals surface area contributed by atoms with Crippen LogP contribution in [0.1, 0.15) is 0 Å². The highest BCUT2D eigenvalue weighted by molar-refractivity contribution is 14.1. The zero-order valence-electron chi connectivity index (χ0n) is 3.99. The highest BCUT2D eigenvalue weighted by atomic mass is 127. The lowest BCUT2D eigenvalue weighted by Gasteiger charge is -1.84. The van der Waals surface area contributed by atoms with Crippen molar-refractivity contribution in [1.29, 1.82) is 0 Å². The monoisotopic (exact) mass is 221 g/mol. The molecule has 1 radical (unpaired) electrons. The van der Waals surface area contributed by atoms with Gasteiger partial charge in [0.05, 0.1) is 0 Å². The van der Waals surface area contributed by atoms with Crippen LogP contribution in [0.15, 0.2) is 18.2 Å². The molecule has 1 aromatic rings. The Kier molecular flexibility index (Phi) is 1.83. The topological polar surface area (TPSA) is 0 Å². The summed E-state index contributed by atoms with van der Waals surface area (Å²) in [5.74, 6) is -0.231. The third-order valence-corrected chi connectivity index (χ3v) is 1.41. The average molecular weight is 221 g/mol. The van der Waals surface area contributed by atoms with E-state index in [1.165, 1.54) is 12.1 Å². The summed E-state index contributed by atoms with van der Waals surface area (Å²) in [5.41, 5.74) is 0. The summed E-state index contributed by atoms with van der Waals surface area (Å²) in [7, 11) is 0. The van der Waals surface area contributed by atoms with Crippen LogP contribution < -0.4 is 0 Å². The lowest BCUT2D eigenvalue weighted by atomic mass is 10.4. The Hall–Kier alpha value is -0.120. The van der Waals surface area contributed by atoms with Crippen LogP contribution in [-0.2, 0) is 0 Å². The smallest absolute Gasteiger partial charge is 0.123 e. The van der Waals surface area contributed by atoms with Gasteiger partial charge in [0.2, 0.25) is 0 Å². The van der Waals surface area contributed by atoms with Crippen LogP contribution in [0.2, 0.25) is 0 Å². The SMILES string of the molecule is Fc1c[c]c(I)cc1. The van der Waals surface area contributed by atoms with Crippen LogP contribution in [-0.4, -0.2) is 0 Å². The van der Waals surface area contributed by atoms with E-state index in [0.717, 1.165) is 3.57 Å². The second-order valence-electron chi connectivity index (χ2n) is 1.35. The molecule has 0 unspecified atom stereocenters. The Labute approximate surface area is 60.9 Å². The van der Waals surface area contributed by atoms with Crippen LogP contribution in [0.4, 0.5) is 4.39 Å². The minimum Gasteiger partial charge on any atom is -0.207 e. The fourth-order valence-corrected chi connectivity index (χ4v) is 0.722. The van der Waals surface area contributed by atoms with Gasteiger partial charge in [-0.3, -0.25) is 0 Å². The van der Waals surface area contributed by atoms with Gasteiger partial charge in [0.15, 0.2) is 0 Å². The Morgan fingerprint density at radius 2 is 2.25 bits per heavy atom. The number of rotatable bonds is 0. The molecule has 0 aliphatic heterocycles. The number of halogens is 2. The van der Waals surface area contributed by atoms with Crippen molar-refractivity contribution < 1.29 is 4.39 Å². The first kappa shape index (κ1) is 6.01. The van der Waals surface area contributed by atoms with Crippen molar-refractivity contribution in [1.82, 2.24) is 0 Å². The van der Waals surface area contributed by atoms with E-state index in [1.54, 1.807) is 6.07 Å². The summed E-state index contributed by atoms with van der Waals surface area (Å²) in [5, 5.41) is 0. The first-order valence-corrected chi connectivity index (χ1v) is 3.19. The number of hydrogen-bond acceptors (Lipinski definition) is 0. The zero-order chi connectivity index (χ0) is 5.98. The molecule has 0 aliphatic carbocycles. The second kappa shape index (κ2) is 2.44. The molecular formula is C6H3FI. The zero-order valence-corrected chi connectivity index (χ0v) is 6.15. The fraction of sp³-hybridized carbons (Fsp3) is 0. The van der Waals surface area contributed by atoms with Crippen LogP contribution in [0.5, 0.6) is 0 Å². The molecule has 0 N–H and O–H groups in total. The minimum atomic E-state index is -0.231. The summed E-state index contributed by atoms with van der Waals surface area (Å²) in [4.78, 5) is 0. The van der Waals surface area contributed by atoms with Gasteiger partial charge in [0.1, 0.15) is 5.82 Å². The molecule has 0 spiro atoms. The van der Waals surface area contributed by atoms with Crippen LogP contribution in [0.25, 0.3) is 0 Å². The predicted molar refractivity (Wildman–Crippen MR) is 38.0 cm³/mol. The molecular weight excluding hydrogens is 218 g/mol. The van der Waals surface area contributed by atoms with E-state index in [9.17, 15) is 4.39 Å². The number of hydrogen-bond donors (Lipinski definition) is 0. The van der Waals surface area contributed by atoms with E-state index < -0.39 is 0 Å². The Morgan fingerprint density at radius 1 is 1.50 bits per heavy atom. The first-order chi connectivity index (χ1) is 3.79. The van der Waals surface area contributed by atoms with Crippen molar-refractivity contribution >= 4 is 22.6 Å². The molecule has 1 aromatic carbocycles. The third-order valence-electron chi connectivity index (χ3n) is 0.737. The Balaban J connectivity index is 3.03. The van der Waals surface area contributed by atoms with E-state index in [1.807, 2.05) is 0 Å². The van der Waals surface area contributed by atoms with Crippen molar-refractivity contribution in [2.45, 2.75) is 0 Å². The maximum Gasteiger partial charge on any atom is 0.123 e. The maximum absolute atomic E-state index is 12.1. The molecule has 0 saturated heterocycles. The van der Waals surface area contributed by atoms with Crippen molar-refractivity contribution in [2.75, 3.05) is 0 Å². The summed E-state index contributed by atoms with van der Waals surface area (Å²) in [6.07, 6.45) is 0.